The van der Waals surface area contributed by atoms with Crippen molar-refractivity contribution in [1.29, 1.82) is 0 Å². The third-order valence-electron chi connectivity index (χ3n) is 8.63. The maximum Gasteiger partial charge on any atom is 0.136 e. The Labute approximate surface area is 308 Å². The van der Waals surface area contributed by atoms with Gasteiger partial charge in [-0.1, -0.05) is 157 Å². The van der Waals surface area contributed by atoms with E-state index in [1.807, 2.05) is 0 Å². The second kappa shape index (κ2) is 11.1. The van der Waals surface area contributed by atoms with E-state index in [2.05, 4.69) is 0 Å². The summed E-state index contributed by atoms with van der Waals surface area (Å²) in [6.07, 6.45) is 0. The van der Waals surface area contributed by atoms with Gasteiger partial charge in [-0.15, -0.1) is 0 Å². The maximum atomic E-state index is 9.63. The Morgan fingerprint density at radius 3 is 1.37 bits per heavy atom. The molecule has 0 N–H and O–H groups in total. The zero-order valence-corrected chi connectivity index (χ0v) is 25.4. The Balaban J connectivity index is 1.26. The van der Waals surface area contributed by atoms with Crippen LogP contribution in [0.25, 0.3) is 98.8 Å². The van der Waals surface area contributed by atoms with Gasteiger partial charge >= 0.3 is 0 Å². The lowest BCUT2D eigenvalue weighted by atomic mass is 9.85. The van der Waals surface area contributed by atoms with Gasteiger partial charge in [-0.05, 0) is 101 Å². The van der Waals surface area contributed by atoms with Gasteiger partial charge < -0.3 is 4.42 Å². The minimum atomic E-state index is -0.613. The molecule has 1 heteroatoms. The summed E-state index contributed by atoms with van der Waals surface area (Å²) < 4.78 is 159. The summed E-state index contributed by atoms with van der Waals surface area (Å²) in [6.45, 7) is 0. The van der Waals surface area contributed by atoms with Crippen LogP contribution in [0, 0.1) is 0 Å². The molecule has 0 saturated heterocycles. The van der Waals surface area contributed by atoms with Crippen LogP contribution in [0.2, 0.25) is 0 Å². The molecule has 0 fully saturated rings. The van der Waals surface area contributed by atoms with Crippen molar-refractivity contribution in [2.75, 3.05) is 0 Å². The molecule has 1 nitrogen and oxygen atoms in total. The number of fused-ring (bicyclic) bond motifs is 6. The number of hydrogen-bond donors (Lipinski definition) is 0. The molecule has 1 heterocycles. The lowest BCUT2D eigenvalue weighted by Gasteiger charge is -2.18. The van der Waals surface area contributed by atoms with Gasteiger partial charge in [0.2, 0.25) is 0 Å². The minimum absolute atomic E-state index is 0.0241. The largest absolute Gasteiger partial charge is 0.456 e. The third-order valence-corrected chi connectivity index (χ3v) is 8.63. The molecular formula is C48H30O. The molecule has 0 amide bonds. The normalized spacial score (nSPS) is 16.5. The van der Waals surface area contributed by atoms with Crippen molar-refractivity contribution in [1.82, 2.24) is 0 Å². The van der Waals surface area contributed by atoms with Gasteiger partial charge in [0, 0.05) is 10.8 Å². The quantitative estimate of drug-likeness (QED) is 0.175. The van der Waals surface area contributed by atoms with Crippen molar-refractivity contribution >= 4 is 54.3 Å². The second-order valence-corrected chi connectivity index (χ2v) is 11.5. The molecule has 0 bridgehead atoms. The molecule has 1 aromatic heterocycles. The van der Waals surface area contributed by atoms with E-state index in [0.29, 0.717) is 27.1 Å². The van der Waals surface area contributed by atoms with E-state index >= 15 is 0 Å². The molecule has 0 atom stereocenters. The fourth-order valence-electron chi connectivity index (χ4n) is 6.40. The van der Waals surface area contributed by atoms with E-state index in [-0.39, 0.29) is 72.1 Å². The van der Waals surface area contributed by atoms with Gasteiger partial charge in [0.05, 0.1) is 23.3 Å². The molecule has 0 radical (unpaired) electrons. The summed E-state index contributed by atoms with van der Waals surface area (Å²) >= 11 is 0. The third kappa shape index (κ3) is 4.55. The maximum absolute atomic E-state index is 9.63. The van der Waals surface area contributed by atoms with Crippen LogP contribution in [0.3, 0.4) is 0 Å². The number of furan rings is 1. The van der Waals surface area contributed by atoms with Crippen molar-refractivity contribution in [3.05, 3.63) is 182 Å². The molecule has 0 aliphatic rings. The first-order chi connectivity index (χ1) is 31.4. The average molecular weight is 640 g/mol. The van der Waals surface area contributed by atoms with Crippen molar-refractivity contribution in [2.24, 2.45) is 0 Å². The standard InChI is InChI=1S/C48H30O/c1-2-10-31(11-3-1)32-18-20-33(21-19-32)34-22-24-35(25-23-34)47-40-14-6-8-16-42(40)48(43-17-9-7-15-41(43)47)38-26-27-39-44-28-36-12-4-5-13-37(36)29-46(44)49-45(39)30-38/h1-30H/i4D,5D,12D,13D,18D,19D,20D,21D,22D,23D,24D,25D,26D,27D,28D,29D,30D. The second-order valence-electron chi connectivity index (χ2n) is 11.5. The van der Waals surface area contributed by atoms with Crippen LogP contribution in [0.1, 0.15) is 23.3 Å². The predicted octanol–water partition coefficient (Wildman–Crippen LogP) is 13.7. The van der Waals surface area contributed by atoms with Crippen molar-refractivity contribution in [3.63, 3.8) is 0 Å². The molecule has 0 unspecified atom stereocenters. The summed E-state index contributed by atoms with van der Waals surface area (Å²) in [4.78, 5) is 0. The molecule has 228 valence electrons. The van der Waals surface area contributed by atoms with E-state index in [4.69, 9.17) is 18.1 Å². The number of rotatable bonds is 4. The summed E-state index contributed by atoms with van der Waals surface area (Å²) in [6, 6.07) is 13.2. The molecule has 9 aromatic carbocycles. The van der Waals surface area contributed by atoms with E-state index in [9.17, 15) is 9.60 Å². The summed E-state index contributed by atoms with van der Waals surface area (Å²) in [5, 5.41) is 0.700. The van der Waals surface area contributed by atoms with Crippen molar-refractivity contribution in [2.45, 2.75) is 0 Å². The van der Waals surface area contributed by atoms with Gasteiger partial charge in [-0.3, -0.25) is 0 Å². The lowest BCUT2D eigenvalue weighted by molar-refractivity contribution is 0.669. The highest BCUT2D eigenvalue weighted by Gasteiger charge is 2.18. The van der Waals surface area contributed by atoms with Crippen LogP contribution in [-0.2, 0) is 0 Å². The fraction of sp³-hybridized carbons (Fsp3) is 0. The topological polar surface area (TPSA) is 13.1 Å². The minimum Gasteiger partial charge on any atom is -0.456 e. The SMILES string of the molecule is [2H]c1c([2H])c(-c2c([2H])c([2H])c(-c3c4ccccc4c(-c4c([2H])c([2H])c5c(oc6c([2H])c7c([2H])c([2H])c([2H])c([2H])c7c([2H])c65)c4[2H])c4ccccc34)c([2H])c2[2H])c([2H])c([2H])c1-c1ccccc1. The van der Waals surface area contributed by atoms with E-state index in [1.54, 1.807) is 78.9 Å². The van der Waals surface area contributed by atoms with Gasteiger partial charge in [-0.2, -0.15) is 0 Å². The summed E-state index contributed by atoms with van der Waals surface area (Å²) in [5.74, 6) is 0. The van der Waals surface area contributed by atoms with Crippen LogP contribution in [0.4, 0.5) is 0 Å². The van der Waals surface area contributed by atoms with Gasteiger partial charge in [-0.25, -0.2) is 0 Å². The van der Waals surface area contributed by atoms with Crippen LogP contribution in [-0.4, -0.2) is 0 Å². The van der Waals surface area contributed by atoms with Crippen molar-refractivity contribution in [3.8, 4) is 44.5 Å². The monoisotopic (exact) mass is 639 g/mol. The fourth-order valence-corrected chi connectivity index (χ4v) is 6.40. The highest BCUT2D eigenvalue weighted by atomic mass is 16.3. The van der Waals surface area contributed by atoms with E-state index in [0.717, 1.165) is 0 Å². The highest BCUT2D eigenvalue weighted by molar-refractivity contribution is 6.22. The summed E-state index contributed by atoms with van der Waals surface area (Å²) in [5.41, 5.74) is -0.558. The molecule has 0 aliphatic carbocycles. The van der Waals surface area contributed by atoms with Gasteiger partial charge in [0.25, 0.3) is 0 Å². The van der Waals surface area contributed by atoms with Crippen LogP contribution in [0.5, 0.6) is 0 Å². The van der Waals surface area contributed by atoms with Gasteiger partial charge in [0.1, 0.15) is 11.2 Å². The van der Waals surface area contributed by atoms with Crippen LogP contribution >= 0.6 is 0 Å². The Morgan fingerprint density at radius 1 is 0.327 bits per heavy atom. The Bertz CT molecular complexity index is 3730. The van der Waals surface area contributed by atoms with E-state index < -0.39 is 102 Å². The molecule has 0 spiro atoms. The Morgan fingerprint density at radius 2 is 0.776 bits per heavy atom. The highest BCUT2D eigenvalue weighted by Crippen LogP contribution is 2.45. The molecule has 49 heavy (non-hydrogen) atoms. The zero-order chi connectivity index (χ0) is 47.1. The Kier molecular flexibility index (Phi) is 3.54. The zero-order valence-electron chi connectivity index (χ0n) is 42.4. The van der Waals surface area contributed by atoms with Crippen LogP contribution < -0.4 is 0 Å². The number of benzene rings is 9. The van der Waals surface area contributed by atoms with Gasteiger partial charge in [0.15, 0.2) is 0 Å². The Hall–Kier alpha value is -6.44. The lowest BCUT2D eigenvalue weighted by Crippen LogP contribution is -1.91. The molecule has 0 saturated carbocycles. The van der Waals surface area contributed by atoms with Crippen LogP contribution in [0.15, 0.2) is 186 Å². The molecule has 10 aromatic rings. The molecule has 0 aliphatic heterocycles. The average Bonchev–Trinajstić information content (AvgIpc) is 3.73. The predicted molar refractivity (Wildman–Crippen MR) is 208 cm³/mol. The van der Waals surface area contributed by atoms with E-state index in [1.165, 1.54) is 0 Å². The summed E-state index contributed by atoms with van der Waals surface area (Å²) in [7, 11) is 0. The smallest absolute Gasteiger partial charge is 0.136 e. The first-order valence-corrected chi connectivity index (χ1v) is 15.5. The first-order valence-electron chi connectivity index (χ1n) is 24.0. The molecular weight excluding hydrogens is 593 g/mol. The number of hydrogen-bond acceptors (Lipinski definition) is 1. The first kappa shape index (κ1) is 15.6. The van der Waals surface area contributed by atoms with Crippen molar-refractivity contribution < 1.29 is 27.7 Å². The molecule has 10 rings (SSSR count).